The van der Waals surface area contributed by atoms with Crippen LogP contribution in [-0.4, -0.2) is 12.4 Å². The molecule has 0 spiro atoms. The lowest BCUT2D eigenvalue weighted by molar-refractivity contribution is -0.143. The number of hydrogen-bond acceptors (Lipinski definition) is 4. The van der Waals surface area contributed by atoms with Crippen LogP contribution >= 0.6 is 0 Å². The van der Waals surface area contributed by atoms with E-state index in [-0.39, 0.29) is 22.4 Å². The van der Waals surface area contributed by atoms with E-state index in [9.17, 15) is 9.59 Å². The molecule has 0 saturated heterocycles. The summed E-state index contributed by atoms with van der Waals surface area (Å²) in [4.78, 5) is 24.0. The van der Waals surface area contributed by atoms with Crippen LogP contribution in [0.5, 0.6) is 5.75 Å². The van der Waals surface area contributed by atoms with Crippen molar-refractivity contribution in [2.24, 2.45) is 22.7 Å². The van der Waals surface area contributed by atoms with E-state index in [0.29, 0.717) is 36.1 Å². The van der Waals surface area contributed by atoms with Crippen molar-refractivity contribution in [1.29, 1.82) is 0 Å². The quantitative estimate of drug-likeness (QED) is 0.546. The normalized spacial score (nSPS) is 29.3. The van der Waals surface area contributed by atoms with E-state index in [1.54, 1.807) is 12.1 Å². The third kappa shape index (κ3) is 2.99. The van der Waals surface area contributed by atoms with Gasteiger partial charge in [0.05, 0.1) is 6.61 Å². The fraction of sp³-hybridized carbons (Fsp3) is 0.500. The summed E-state index contributed by atoms with van der Waals surface area (Å²) in [7, 11) is 0. The second-order valence-electron chi connectivity index (χ2n) is 9.20. The number of hydrogen-bond donors (Lipinski definition) is 0. The molecule has 0 bridgehead atoms. The first-order valence-corrected chi connectivity index (χ1v) is 10.1. The van der Waals surface area contributed by atoms with Crippen LogP contribution in [0.4, 0.5) is 0 Å². The van der Waals surface area contributed by atoms with E-state index < -0.39 is 0 Å². The Morgan fingerprint density at radius 3 is 2.68 bits per heavy atom. The molecule has 0 radical (unpaired) electrons. The molecule has 0 amide bonds. The highest BCUT2D eigenvalue weighted by Gasteiger charge is 2.55. The molecule has 1 fully saturated rings. The Labute approximate surface area is 165 Å². The van der Waals surface area contributed by atoms with Gasteiger partial charge < -0.3 is 9.15 Å². The van der Waals surface area contributed by atoms with E-state index >= 15 is 0 Å². The Bertz CT molecular complexity index is 1010. The fourth-order valence-electron chi connectivity index (χ4n) is 5.48. The van der Waals surface area contributed by atoms with Crippen LogP contribution in [0.2, 0.25) is 0 Å². The van der Waals surface area contributed by atoms with Gasteiger partial charge in [-0.1, -0.05) is 32.4 Å². The number of allylic oxidation sites excluding steroid dienone is 1. The number of carbonyl (C=O) groups excluding carboxylic acids is 1. The molecule has 3 atom stereocenters. The number of carbonyl (C=O) groups is 1. The first kappa shape index (κ1) is 19.0. The van der Waals surface area contributed by atoms with Crippen molar-refractivity contribution in [3.8, 4) is 5.75 Å². The monoisotopic (exact) mass is 380 g/mol. The highest BCUT2D eigenvalue weighted by atomic mass is 16.5. The first-order valence-electron chi connectivity index (χ1n) is 10.1. The van der Waals surface area contributed by atoms with Gasteiger partial charge in [0.2, 0.25) is 0 Å². The molecule has 1 aromatic carbocycles. The Morgan fingerprint density at radius 1 is 1.14 bits per heavy atom. The van der Waals surface area contributed by atoms with Crippen molar-refractivity contribution < 1.29 is 13.9 Å². The summed E-state index contributed by atoms with van der Waals surface area (Å²) >= 11 is 0. The number of rotatable bonds is 3. The molecule has 4 heteroatoms. The summed E-state index contributed by atoms with van der Waals surface area (Å²) in [6, 6.07) is 8.78. The molecule has 28 heavy (non-hydrogen) atoms. The van der Waals surface area contributed by atoms with Gasteiger partial charge in [-0.2, -0.15) is 0 Å². The number of ether oxygens (including phenoxy) is 1. The van der Waals surface area contributed by atoms with Crippen molar-refractivity contribution in [3.05, 3.63) is 52.4 Å². The summed E-state index contributed by atoms with van der Waals surface area (Å²) in [6.45, 7) is 9.28. The standard InChI is InChI=1S/C24H28O4/c1-15-5-9-20-23(2,3)21(25)11-12-24(20,4)18(15)14-27-17-8-6-16-7-10-22(26)28-19(16)13-17/h5-8,10,13,18,20H,9,11-12,14H2,1-4H3/t18-,20+,24-/m0/s1. The number of ketones is 1. The minimum Gasteiger partial charge on any atom is -0.493 e. The highest BCUT2D eigenvalue weighted by Crippen LogP contribution is 2.58. The summed E-state index contributed by atoms with van der Waals surface area (Å²) in [5.41, 5.74) is 1.26. The van der Waals surface area contributed by atoms with Crippen LogP contribution in [0.1, 0.15) is 47.0 Å². The van der Waals surface area contributed by atoms with Gasteiger partial charge in [0.25, 0.3) is 0 Å². The van der Waals surface area contributed by atoms with E-state index in [1.165, 1.54) is 11.6 Å². The maximum atomic E-state index is 12.5. The molecule has 2 aromatic rings. The van der Waals surface area contributed by atoms with E-state index in [0.717, 1.165) is 18.2 Å². The van der Waals surface area contributed by atoms with Gasteiger partial charge in [0.15, 0.2) is 0 Å². The van der Waals surface area contributed by atoms with Gasteiger partial charge in [0, 0.05) is 35.3 Å². The van der Waals surface area contributed by atoms with Crippen molar-refractivity contribution in [3.63, 3.8) is 0 Å². The zero-order valence-corrected chi connectivity index (χ0v) is 17.1. The van der Waals surface area contributed by atoms with Crippen LogP contribution in [0.25, 0.3) is 11.0 Å². The lowest BCUT2D eigenvalue weighted by Crippen LogP contribution is -2.53. The maximum absolute atomic E-state index is 12.5. The maximum Gasteiger partial charge on any atom is 0.336 e. The summed E-state index contributed by atoms with van der Waals surface area (Å²) in [5.74, 6) is 1.67. The summed E-state index contributed by atoms with van der Waals surface area (Å²) in [6.07, 6.45) is 4.80. The molecule has 148 valence electrons. The number of benzene rings is 1. The molecule has 0 N–H and O–H groups in total. The minimum atomic E-state index is -0.361. The van der Waals surface area contributed by atoms with Gasteiger partial charge in [-0.05, 0) is 49.3 Å². The number of fused-ring (bicyclic) bond motifs is 2. The average molecular weight is 380 g/mol. The third-order valence-electron chi connectivity index (χ3n) is 7.31. The molecule has 1 saturated carbocycles. The zero-order valence-electron chi connectivity index (χ0n) is 17.1. The summed E-state index contributed by atoms with van der Waals surface area (Å²) < 4.78 is 11.5. The zero-order chi connectivity index (χ0) is 20.1. The number of Topliss-reactive ketones (excluding diaryl/α,β-unsaturated/α-hetero) is 1. The van der Waals surface area contributed by atoms with E-state index in [4.69, 9.17) is 9.15 Å². The summed E-state index contributed by atoms with van der Waals surface area (Å²) in [5, 5.41) is 0.875. The Morgan fingerprint density at radius 2 is 1.89 bits per heavy atom. The van der Waals surface area contributed by atoms with Crippen molar-refractivity contribution in [1.82, 2.24) is 0 Å². The molecule has 2 aliphatic carbocycles. The molecule has 0 aliphatic heterocycles. The van der Waals surface area contributed by atoms with Crippen molar-refractivity contribution >= 4 is 16.8 Å². The molecular weight excluding hydrogens is 352 g/mol. The largest absolute Gasteiger partial charge is 0.493 e. The van der Waals surface area contributed by atoms with Gasteiger partial charge in [0.1, 0.15) is 17.1 Å². The van der Waals surface area contributed by atoms with Gasteiger partial charge in [-0.15, -0.1) is 0 Å². The van der Waals surface area contributed by atoms with E-state index in [2.05, 4.69) is 33.8 Å². The average Bonchev–Trinajstić information content (AvgIpc) is 2.64. The van der Waals surface area contributed by atoms with Crippen LogP contribution < -0.4 is 10.4 Å². The van der Waals surface area contributed by atoms with Gasteiger partial charge >= 0.3 is 5.63 Å². The van der Waals surface area contributed by atoms with Crippen LogP contribution in [0, 0.1) is 22.7 Å². The molecule has 0 unspecified atom stereocenters. The van der Waals surface area contributed by atoms with Gasteiger partial charge in [-0.3, -0.25) is 4.79 Å². The second kappa shape index (κ2) is 6.61. The predicted octanol–water partition coefficient (Wildman–Crippen LogP) is 5.15. The van der Waals surface area contributed by atoms with Crippen LogP contribution in [0.15, 0.2) is 51.2 Å². The minimum absolute atomic E-state index is 0.0413. The predicted molar refractivity (Wildman–Crippen MR) is 109 cm³/mol. The van der Waals surface area contributed by atoms with Crippen molar-refractivity contribution in [2.75, 3.05) is 6.61 Å². The molecule has 4 rings (SSSR count). The lowest BCUT2D eigenvalue weighted by atomic mass is 9.48. The Kier molecular flexibility index (Phi) is 4.48. The third-order valence-corrected chi connectivity index (χ3v) is 7.31. The second-order valence-corrected chi connectivity index (χ2v) is 9.20. The fourth-order valence-corrected chi connectivity index (χ4v) is 5.48. The first-order chi connectivity index (χ1) is 13.2. The van der Waals surface area contributed by atoms with Crippen molar-refractivity contribution in [2.45, 2.75) is 47.0 Å². The van der Waals surface area contributed by atoms with Crippen LogP contribution in [0.3, 0.4) is 0 Å². The Hall–Kier alpha value is -2.36. The Balaban J connectivity index is 1.60. The smallest absolute Gasteiger partial charge is 0.336 e. The SMILES string of the molecule is CC1=CC[C@@H]2C(C)(C)C(=O)CC[C@@]2(C)[C@H]1COc1ccc2ccc(=O)oc2c1. The molecule has 1 aromatic heterocycles. The van der Waals surface area contributed by atoms with E-state index in [1.807, 2.05) is 12.1 Å². The molecule has 2 aliphatic rings. The van der Waals surface area contributed by atoms with Crippen LogP contribution in [-0.2, 0) is 4.79 Å². The van der Waals surface area contributed by atoms with Gasteiger partial charge in [-0.25, -0.2) is 4.79 Å². The highest BCUT2D eigenvalue weighted by molar-refractivity contribution is 5.85. The molecular formula is C24H28O4. The lowest BCUT2D eigenvalue weighted by Gasteiger charge is -2.55. The topological polar surface area (TPSA) is 56.5 Å². The molecule has 1 heterocycles. The molecule has 4 nitrogen and oxygen atoms in total.